The van der Waals surface area contributed by atoms with Crippen LogP contribution >= 0.6 is 0 Å². The Labute approximate surface area is 111 Å². The monoisotopic (exact) mass is 283 g/mol. The van der Waals surface area contributed by atoms with Crippen molar-refractivity contribution in [3.8, 4) is 6.07 Å². The predicted octanol–water partition coefficient (Wildman–Crippen LogP) is 1.95. The maximum Gasteiger partial charge on any atom is 0.269 e. The highest BCUT2D eigenvalue weighted by Gasteiger charge is 2.24. The molecule has 0 amide bonds. The van der Waals surface area contributed by atoms with Crippen molar-refractivity contribution < 1.29 is 13.3 Å². The van der Waals surface area contributed by atoms with Crippen LogP contribution in [0.25, 0.3) is 0 Å². The number of nitrogens with one attached hydrogen (secondary N) is 1. The fourth-order valence-electron chi connectivity index (χ4n) is 1.48. The van der Waals surface area contributed by atoms with E-state index in [1.54, 1.807) is 19.9 Å². The third-order valence-corrected chi connectivity index (χ3v) is 4.25. The zero-order chi connectivity index (χ0) is 14.6. The topological polar surface area (TPSA) is 113 Å². The van der Waals surface area contributed by atoms with Crippen LogP contribution in [-0.2, 0) is 10.0 Å². The lowest BCUT2D eigenvalue weighted by atomic mass is 10.2. The van der Waals surface area contributed by atoms with Crippen LogP contribution in [0.15, 0.2) is 18.2 Å². The van der Waals surface area contributed by atoms with E-state index in [1.807, 2.05) is 0 Å². The molecule has 1 atom stereocenters. The second kappa shape index (κ2) is 5.67. The first-order valence-electron chi connectivity index (χ1n) is 5.48. The molecule has 0 fully saturated rings. The number of nitriles is 1. The highest BCUT2D eigenvalue weighted by molar-refractivity contribution is 7.93. The van der Waals surface area contributed by atoms with E-state index in [1.165, 1.54) is 18.2 Å². The van der Waals surface area contributed by atoms with Gasteiger partial charge in [0.25, 0.3) is 5.69 Å². The summed E-state index contributed by atoms with van der Waals surface area (Å²) in [5, 5.41) is 18.2. The van der Waals surface area contributed by atoms with E-state index < -0.39 is 20.2 Å². The first-order chi connectivity index (χ1) is 8.81. The van der Waals surface area contributed by atoms with Crippen molar-refractivity contribution in [1.82, 2.24) is 0 Å². The highest BCUT2D eigenvalue weighted by Crippen LogP contribution is 2.23. The maximum absolute atomic E-state index is 11.9. The van der Waals surface area contributed by atoms with Crippen LogP contribution in [0.4, 0.5) is 11.4 Å². The number of hydrogen-bond donors (Lipinski definition) is 1. The third-order valence-electron chi connectivity index (χ3n) is 2.56. The molecule has 1 rings (SSSR count). The second-order valence-corrected chi connectivity index (χ2v) is 5.79. The van der Waals surface area contributed by atoms with Crippen LogP contribution < -0.4 is 4.72 Å². The van der Waals surface area contributed by atoms with Gasteiger partial charge in [-0.05, 0) is 25.0 Å². The summed E-state index contributed by atoms with van der Waals surface area (Å²) in [5.74, 6) is 0. The Morgan fingerprint density at radius 3 is 2.58 bits per heavy atom. The van der Waals surface area contributed by atoms with Gasteiger partial charge >= 0.3 is 0 Å². The molecule has 0 radical (unpaired) electrons. The fraction of sp³-hybridized carbons (Fsp3) is 0.364. The Kier molecular flexibility index (Phi) is 4.45. The summed E-state index contributed by atoms with van der Waals surface area (Å²) in [5.41, 5.74) is 0.539. The van der Waals surface area contributed by atoms with Crippen LogP contribution in [0.5, 0.6) is 0 Å². The van der Waals surface area contributed by atoms with Crippen molar-refractivity contribution >= 4 is 21.4 Å². The molecule has 19 heavy (non-hydrogen) atoms. The Balaban J connectivity index is 3.08. The summed E-state index contributed by atoms with van der Waals surface area (Å²) < 4.78 is 26.0. The molecule has 0 aliphatic carbocycles. The average Bonchev–Trinajstić information content (AvgIpc) is 2.32. The van der Waals surface area contributed by atoms with Crippen molar-refractivity contribution in [2.45, 2.75) is 25.5 Å². The van der Waals surface area contributed by atoms with E-state index in [0.717, 1.165) is 0 Å². The van der Waals surface area contributed by atoms with Gasteiger partial charge in [-0.25, -0.2) is 8.42 Å². The number of nitro groups is 1. The molecule has 0 spiro atoms. The Morgan fingerprint density at radius 1 is 1.53 bits per heavy atom. The molecule has 0 heterocycles. The molecule has 0 aliphatic heterocycles. The molecule has 0 bridgehead atoms. The van der Waals surface area contributed by atoms with Gasteiger partial charge in [0.15, 0.2) is 5.25 Å². The molecule has 1 aromatic carbocycles. The molecule has 0 aliphatic rings. The SMILES string of the molecule is CCC(C#N)S(=O)(=O)Nc1ccc([N+](=O)[O-])cc1C. The number of benzene rings is 1. The van der Waals surface area contributed by atoms with E-state index in [-0.39, 0.29) is 17.8 Å². The first kappa shape index (κ1) is 14.9. The molecule has 0 saturated heterocycles. The largest absolute Gasteiger partial charge is 0.282 e. The van der Waals surface area contributed by atoms with Gasteiger partial charge in [-0.2, -0.15) is 5.26 Å². The lowest BCUT2D eigenvalue weighted by Crippen LogP contribution is -2.26. The van der Waals surface area contributed by atoms with E-state index in [4.69, 9.17) is 5.26 Å². The molecule has 102 valence electrons. The standard InChI is InChI=1S/C11H13N3O4S/c1-3-10(7-12)19(17,18)13-11-5-4-9(14(15)16)6-8(11)2/h4-6,10,13H,3H2,1-2H3. The van der Waals surface area contributed by atoms with Crippen molar-refractivity contribution in [3.63, 3.8) is 0 Å². The second-order valence-electron chi connectivity index (χ2n) is 3.93. The number of nitro benzene ring substituents is 1. The van der Waals surface area contributed by atoms with Crippen LogP contribution in [-0.4, -0.2) is 18.6 Å². The number of hydrogen-bond acceptors (Lipinski definition) is 5. The zero-order valence-electron chi connectivity index (χ0n) is 10.5. The summed E-state index contributed by atoms with van der Waals surface area (Å²) >= 11 is 0. The molecular weight excluding hydrogens is 270 g/mol. The molecule has 0 saturated carbocycles. The number of nitrogens with zero attached hydrogens (tertiary/aromatic N) is 2. The van der Waals surface area contributed by atoms with Gasteiger partial charge in [0.2, 0.25) is 10.0 Å². The van der Waals surface area contributed by atoms with Gasteiger partial charge in [-0.1, -0.05) is 6.92 Å². The Morgan fingerprint density at radius 2 is 2.16 bits per heavy atom. The van der Waals surface area contributed by atoms with E-state index in [9.17, 15) is 18.5 Å². The Hall–Kier alpha value is -2.14. The third kappa shape index (κ3) is 3.42. The quantitative estimate of drug-likeness (QED) is 0.655. The number of rotatable bonds is 5. The first-order valence-corrected chi connectivity index (χ1v) is 7.02. The summed E-state index contributed by atoms with van der Waals surface area (Å²) in [4.78, 5) is 10.0. The minimum absolute atomic E-state index is 0.118. The number of sulfonamides is 1. The number of non-ortho nitro benzene ring substituents is 1. The van der Waals surface area contributed by atoms with Crippen molar-refractivity contribution in [3.05, 3.63) is 33.9 Å². The number of aryl methyl sites for hydroxylation is 1. The predicted molar refractivity (Wildman–Crippen MR) is 70.1 cm³/mol. The van der Waals surface area contributed by atoms with Crippen LogP contribution in [0.1, 0.15) is 18.9 Å². The van der Waals surface area contributed by atoms with Crippen LogP contribution in [0.3, 0.4) is 0 Å². The van der Waals surface area contributed by atoms with Gasteiger partial charge in [0.1, 0.15) is 0 Å². The van der Waals surface area contributed by atoms with E-state index in [2.05, 4.69) is 4.72 Å². The van der Waals surface area contributed by atoms with Gasteiger partial charge in [-0.15, -0.1) is 0 Å². The van der Waals surface area contributed by atoms with Crippen molar-refractivity contribution in [2.75, 3.05) is 4.72 Å². The molecule has 8 heteroatoms. The molecular formula is C11H13N3O4S. The average molecular weight is 283 g/mol. The van der Waals surface area contributed by atoms with Gasteiger partial charge < -0.3 is 0 Å². The molecule has 1 N–H and O–H groups in total. The zero-order valence-corrected chi connectivity index (χ0v) is 11.3. The lowest BCUT2D eigenvalue weighted by molar-refractivity contribution is -0.384. The van der Waals surface area contributed by atoms with Crippen LogP contribution in [0.2, 0.25) is 0 Å². The Bertz CT molecular complexity index is 634. The maximum atomic E-state index is 11.9. The smallest absolute Gasteiger partial charge is 0.269 e. The van der Waals surface area contributed by atoms with E-state index in [0.29, 0.717) is 5.56 Å². The summed E-state index contributed by atoms with van der Waals surface area (Å²) in [7, 11) is -3.81. The highest BCUT2D eigenvalue weighted by atomic mass is 32.2. The minimum atomic E-state index is -3.81. The van der Waals surface area contributed by atoms with Gasteiger partial charge in [0.05, 0.1) is 16.7 Å². The molecule has 1 aromatic rings. The molecule has 0 aromatic heterocycles. The normalized spacial score (nSPS) is 12.5. The van der Waals surface area contributed by atoms with Gasteiger partial charge in [-0.3, -0.25) is 14.8 Å². The van der Waals surface area contributed by atoms with Crippen LogP contribution in [0, 0.1) is 28.4 Å². The summed E-state index contributed by atoms with van der Waals surface area (Å²) in [6.45, 7) is 3.15. The van der Waals surface area contributed by atoms with Crippen molar-refractivity contribution in [2.24, 2.45) is 0 Å². The summed E-state index contributed by atoms with van der Waals surface area (Å²) in [6.07, 6.45) is 0.165. The minimum Gasteiger partial charge on any atom is -0.282 e. The van der Waals surface area contributed by atoms with Crippen molar-refractivity contribution in [1.29, 1.82) is 5.26 Å². The lowest BCUT2D eigenvalue weighted by Gasteiger charge is -2.12. The summed E-state index contributed by atoms with van der Waals surface area (Å²) in [6, 6.07) is 5.49. The van der Waals surface area contributed by atoms with E-state index >= 15 is 0 Å². The van der Waals surface area contributed by atoms with Gasteiger partial charge in [0, 0.05) is 12.1 Å². The fourth-order valence-corrected chi connectivity index (χ4v) is 2.74. The number of anilines is 1. The molecule has 1 unspecified atom stereocenters. The molecule has 7 nitrogen and oxygen atoms in total.